The van der Waals surface area contributed by atoms with Crippen molar-refractivity contribution in [2.75, 3.05) is 13.1 Å². The molecule has 1 aliphatic rings. The Hall–Kier alpha value is -0.930. The van der Waals surface area contributed by atoms with Gasteiger partial charge < -0.3 is 5.73 Å². The first-order valence-electron chi connectivity index (χ1n) is 7.54. The molecule has 1 aromatic carbocycles. The molecule has 1 aliphatic heterocycles. The average molecular weight is 278 g/mol. The van der Waals surface area contributed by atoms with Crippen molar-refractivity contribution in [1.82, 2.24) is 4.90 Å². The highest BCUT2D eigenvalue weighted by Crippen LogP contribution is 2.35. The van der Waals surface area contributed by atoms with Crippen LogP contribution in [0.1, 0.15) is 45.7 Å². The van der Waals surface area contributed by atoms with Gasteiger partial charge in [-0.05, 0) is 48.9 Å². The third-order valence-electron chi connectivity index (χ3n) is 4.80. The number of nitrogens with two attached hydrogens (primary N) is 1. The van der Waals surface area contributed by atoms with Crippen LogP contribution >= 0.6 is 0 Å². The van der Waals surface area contributed by atoms with E-state index in [2.05, 4.69) is 32.6 Å². The van der Waals surface area contributed by atoms with E-state index in [0.29, 0.717) is 5.41 Å². The zero-order valence-corrected chi connectivity index (χ0v) is 13.1. The quantitative estimate of drug-likeness (QED) is 0.915. The monoisotopic (exact) mass is 278 g/mol. The van der Waals surface area contributed by atoms with Crippen LogP contribution < -0.4 is 5.73 Å². The molecule has 0 amide bonds. The molecule has 1 fully saturated rings. The van der Waals surface area contributed by atoms with Gasteiger partial charge in [0.25, 0.3) is 0 Å². The molecule has 3 heteroatoms. The molecule has 3 atom stereocenters. The van der Waals surface area contributed by atoms with Gasteiger partial charge in [0.2, 0.25) is 0 Å². The first kappa shape index (κ1) is 15.5. The Morgan fingerprint density at radius 2 is 1.85 bits per heavy atom. The van der Waals surface area contributed by atoms with E-state index in [-0.39, 0.29) is 17.9 Å². The third kappa shape index (κ3) is 3.39. The molecule has 112 valence electrons. The van der Waals surface area contributed by atoms with Crippen molar-refractivity contribution in [3.63, 3.8) is 0 Å². The lowest BCUT2D eigenvalue weighted by atomic mass is 9.80. The Morgan fingerprint density at radius 3 is 2.35 bits per heavy atom. The maximum Gasteiger partial charge on any atom is 0.123 e. The van der Waals surface area contributed by atoms with Gasteiger partial charge in [-0.2, -0.15) is 0 Å². The topological polar surface area (TPSA) is 29.3 Å². The minimum atomic E-state index is -0.206. The summed E-state index contributed by atoms with van der Waals surface area (Å²) in [6, 6.07) is 6.80. The fraction of sp³-hybridized carbons (Fsp3) is 0.647. The molecule has 1 heterocycles. The van der Waals surface area contributed by atoms with Crippen LogP contribution in [0.4, 0.5) is 4.39 Å². The summed E-state index contributed by atoms with van der Waals surface area (Å²) in [5.41, 5.74) is 7.73. The van der Waals surface area contributed by atoms with E-state index >= 15 is 0 Å². The van der Waals surface area contributed by atoms with E-state index < -0.39 is 0 Å². The molecule has 0 spiro atoms. The summed E-state index contributed by atoms with van der Waals surface area (Å²) in [6.45, 7) is 11.3. The summed E-state index contributed by atoms with van der Waals surface area (Å²) in [6.07, 6.45) is 1.24. The van der Waals surface area contributed by atoms with Crippen LogP contribution in [0.2, 0.25) is 0 Å². The molecule has 0 bridgehead atoms. The SMILES string of the molecule is CC(C(N)c1ccc(F)cc1)N1CCC(C(C)(C)C)C1. The number of rotatable bonds is 3. The molecular formula is C17H27FN2. The highest BCUT2D eigenvalue weighted by atomic mass is 19.1. The van der Waals surface area contributed by atoms with Gasteiger partial charge >= 0.3 is 0 Å². The Morgan fingerprint density at radius 1 is 1.25 bits per heavy atom. The third-order valence-corrected chi connectivity index (χ3v) is 4.80. The first-order chi connectivity index (χ1) is 9.29. The van der Waals surface area contributed by atoms with Crippen LogP contribution in [0.15, 0.2) is 24.3 Å². The molecule has 0 aromatic heterocycles. The van der Waals surface area contributed by atoms with Crippen molar-refractivity contribution < 1.29 is 4.39 Å². The van der Waals surface area contributed by atoms with Gasteiger partial charge in [-0.25, -0.2) is 4.39 Å². The zero-order valence-electron chi connectivity index (χ0n) is 13.1. The summed E-state index contributed by atoms with van der Waals surface area (Å²) < 4.78 is 13.0. The van der Waals surface area contributed by atoms with Gasteiger partial charge in [-0.15, -0.1) is 0 Å². The molecule has 3 unspecified atom stereocenters. The minimum absolute atomic E-state index is 0.0608. The normalized spacial score (nSPS) is 23.8. The fourth-order valence-electron chi connectivity index (χ4n) is 3.05. The van der Waals surface area contributed by atoms with Crippen LogP contribution in [0.5, 0.6) is 0 Å². The Labute approximate surface area is 122 Å². The van der Waals surface area contributed by atoms with Gasteiger partial charge in [-0.1, -0.05) is 32.9 Å². The molecule has 1 saturated heterocycles. The summed E-state index contributed by atoms with van der Waals surface area (Å²) in [5.74, 6) is 0.521. The molecule has 2 N–H and O–H groups in total. The van der Waals surface area contributed by atoms with Gasteiger partial charge in [0, 0.05) is 18.6 Å². The van der Waals surface area contributed by atoms with Crippen molar-refractivity contribution in [1.29, 1.82) is 0 Å². The van der Waals surface area contributed by atoms with Crippen LogP contribution in [-0.4, -0.2) is 24.0 Å². The maximum atomic E-state index is 13.0. The highest BCUT2D eigenvalue weighted by molar-refractivity contribution is 5.21. The van der Waals surface area contributed by atoms with Crippen molar-refractivity contribution in [3.05, 3.63) is 35.6 Å². The van der Waals surface area contributed by atoms with Gasteiger partial charge in [0.1, 0.15) is 5.82 Å². The van der Waals surface area contributed by atoms with E-state index in [1.165, 1.54) is 18.6 Å². The number of likely N-dealkylation sites (tertiary alicyclic amines) is 1. The van der Waals surface area contributed by atoms with Gasteiger partial charge in [-0.3, -0.25) is 4.90 Å². The van der Waals surface area contributed by atoms with E-state index in [9.17, 15) is 4.39 Å². The molecule has 20 heavy (non-hydrogen) atoms. The van der Waals surface area contributed by atoms with E-state index in [4.69, 9.17) is 5.73 Å². The number of nitrogens with zero attached hydrogens (tertiary/aromatic N) is 1. The second-order valence-electron chi connectivity index (χ2n) is 7.16. The van der Waals surface area contributed by atoms with Crippen molar-refractivity contribution in [2.45, 2.75) is 46.2 Å². The molecule has 0 radical (unpaired) electrons. The minimum Gasteiger partial charge on any atom is -0.323 e. The predicted molar refractivity (Wildman–Crippen MR) is 81.9 cm³/mol. The second kappa shape index (κ2) is 5.82. The summed E-state index contributed by atoms with van der Waals surface area (Å²) >= 11 is 0. The Balaban J connectivity index is 2.01. The lowest BCUT2D eigenvalue weighted by Crippen LogP contribution is -2.40. The predicted octanol–water partition coefficient (Wildman–Crippen LogP) is 3.58. The second-order valence-corrected chi connectivity index (χ2v) is 7.16. The summed E-state index contributed by atoms with van der Waals surface area (Å²) in [5, 5.41) is 0. The number of benzene rings is 1. The lowest BCUT2D eigenvalue weighted by Gasteiger charge is -2.32. The van der Waals surface area contributed by atoms with Crippen LogP contribution in [0.25, 0.3) is 0 Å². The fourth-order valence-corrected chi connectivity index (χ4v) is 3.05. The zero-order chi connectivity index (χ0) is 14.9. The smallest absolute Gasteiger partial charge is 0.123 e. The molecular weight excluding hydrogens is 251 g/mol. The van der Waals surface area contributed by atoms with Gasteiger partial charge in [0.15, 0.2) is 0 Å². The molecule has 0 saturated carbocycles. The lowest BCUT2D eigenvalue weighted by molar-refractivity contribution is 0.186. The standard InChI is InChI=1S/C17H27FN2/c1-12(16(19)13-5-7-15(18)8-6-13)20-10-9-14(11-20)17(2,3)4/h5-8,12,14,16H,9-11,19H2,1-4H3. The van der Waals surface area contributed by atoms with E-state index in [1.807, 2.05) is 0 Å². The van der Waals surface area contributed by atoms with E-state index in [0.717, 1.165) is 24.6 Å². The van der Waals surface area contributed by atoms with Crippen molar-refractivity contribution in [3.8, 4) is 0 Å². The van der Waals surface area contributed by atoms with Crippen LogP contribution in [0, 0.1) is 17.2 Å². The van der Waals surface area contributed by atoms with E-state index in [1.54, 1.807) is 12.1 Å². The Kier molecular flexibility index (Phi) is 4.50. The first-order valence-corrected chi connectivity index (χ1v) is 7.54. The highest BCUT2D eigenvalue weighted by Gasteiger charge is 2.35. The summed E-state index contributed by atoms with van der Waals surface area (Å²) in [4.78, 5) is 2.48. The van der Waals surface area contributed by atoms with Crippen LogP contribution in [0.3, 0.4) is 0 Å². The average Bonchev–Trinajstić information content (AvgIpc) is 2.87. The Bertz CT molecular complexity index is 435. The number of halogens is 1. The number of hydrogen-bond acceptors (Lipinski definition) is 2. The van der Waals surface area contributed by atoms with Crippen LogP contribution in [-0.2, 0) is 0 Å². The summed E-state index contributed by atoms with van der Waals surface area (Å²) in [7, 11) is 0. The number of hydrogen-bond donors (Lipinski definition) is 1. The molecule has 2 rings (SSSR count). The largest absolute Gasteiger partial charge is 0.323 e. The molecule has 1 aromatic rings. The van der Waals surface area contributed by atoms with Crippen molar-refractivity contribution >= 4 is 0 Å². The van der Waals surface area contributed by atoms with Gasteiger partial charge in [0.05, 0.1) is 0 Å². The van der Waals surface area contributed by atoms with Crippen molar-refractivity contribution in [2.24, 2.45) is 17.1 Å². The molecule has 2 nitrogen and oxygen atoms in total. The molecule has 0 aliphatic carbocycles. The maximum absolute atomic E-state index is 13.0.